The van der Waals surface area contributed by atoms with E-state index in [0.29, 0.717) is 13.0 Å². The quantitative estimate of drug-likeness (QED) is 0.451. The molecule has 0 spiro atoms. The highest BCUT2D eigenvalue weighted by Crippen LogP contribution is 2.00. The number of carbonyl (C=O) groups is 2. The van der Waals surface area contributed by atoms with Crippen LogP contribution in [0.1, 0.15) is 32.1 Å². The first-order valence-corrected chi connectivity index (χ1v) is 4.18. The third-order valence-electron chi connectivity index (χ3n) is 1.52. The molecule has 4 nitrogen and oxygen atoms in total. The molecule has 12 heavy (non-hydrogen) atoms. The van der Waals surface area contributed by atoms with Crippen LogP contribution in [0.2, 0.25) is 0 Å². The molecule has 0 unspecified atom stereocenters. The van der Waals surface area contributed by atoms with Crippen LogP contribution in [0.3, 0.4) is 0 Å². The van der Waals surface area contributed by atoms with Crippen molar-refractivity contribution in [2.45, 2.75) is 32.1 Å². The second-order valence-electron chi connectivity index (χ2n) is 2.60. The Hall–Kier alpha value is -1.06. The molecule has 0 bridgehead atoms. The van der Waals surface area contributed by atoms with E-state index in [0.717, 1.165) is 32.0 Å². The number of nitrogens with one attached hydrogen (secondary N) is 1. The SMILES string of the molecule is O=CCCCCCCNC(=O)O. The molecule has 0 heterocycles. The van der Waals surface area contributed by atoms with Gasteiger partial charge in [-0.2, -0.15) is 0 Å². The number of carboxylic acid groups (broad SMARTS) is 1. The van der Waals surface area contributed by atoms with Crippen molar-refractivity contribution >= 4 is 12.4 Å². The van der Waals surface area contributed by atoms with E-state index in [2.05, 4.69) is 5.32 Å². The van der Waals surface area contributed by atoms with Crippen molar-refractivity contribution in [2.75, 3.05) is 6.54 Å². The minimum Gasteiger partial charge on any atom is -0.465 e. The lowest BCUT2D eigenvalue weighted by Crippen LogP contribution is -2.21. The average Bonchev–Trinajstić information content (AvgIpc) is 2.02. The van der Waals surface area contributed by atoms with Gasteiger partial charge in [0.25, 0.3) is 0 Å². The van der Waals surface area contributed by atoms with Crippen LogP contribution in [0.4, 0.5) is 4.79 Å². The van der Waals surface area contributed by atoms with E-state index in [1.165, 1.54) is 0 Å². The molecule has 0 aliphatic rings. The Bertz CT molecular complexity index is 136. The van der Waals surface area contributed by atoms with Crippen LogP contribution in [-0.4, -0.2) is 24.0 Å². The zero-order valence-electron chi connectivity index (χ0n) is 7.08. The van der Waals surface area contributed by atoms with Gasteiger partial charge in [0.15, 0.2) is 0 Å². The van der Waals surface area contributed by atoms with Gasteiger partial charge in [0, 0.05) is 13.0 Å². The summed E-state index contributed by atoms with van der Waals surface area (Å²) in [5.74, 6) is 0. The average molecular weight is 173 g/mol. The first-order valence-electron chi connectivity index (χ1n) is 4.18. The van der Waals surface area contributed by atoms with Gasteiger partial charge in [0.2, 0.25) is 0 Å². The van der Waals surface area contributed by atoms with Crippen molar-refractivity contribution in [3.05, 3.63) is 0 Å². The fourth-order valence-electron chi connectivity index (χ4n) is 0.902. The molecule has 0 aromatic heterocycles. The van der Waals surface area contributed by atoms with Crippen molar-refractivity contribution in [3.63, 3.8) is 0 Å². The Morgan fingerprint density at radius 2 is 1.92 bits per heavy atom. The molecule has 0 saturated carbocycles. The molecule has 0 atom stereocenters. The molecule has 2 N–H and O–H groups in total. The molecule has 1 amide bonds. The first-order chi connectivity index (χ1) is 5.77. The number of rotatable bonds is 7. The molecule has 0 fully saturated rings. The summed E-state index contributed by atoms with van der Waals surface area (Å²) in [7, 11) is 0. The summed E-state index contributed by atoms with van der Waals surface area (Å²) < 4.78 is 0. The minimum atomic E-state index is -0.970. The summed E-state index contributed by atoms with van der Waals surface area (Å²) in [5, 5.41) is 10.5. The van der Waals surface area contributed by atoms with Gasteiger partial charge in [-0.05, 0) is 12.8 Å². The van der Waals surface area contributed by atoms with Crippen molar-refractivity contribution in [3.8, 4) is 0 Å². The van der Waals surface area contributed by atoms with Crippen LogP contribution < -0.4 is 5.32 Å². The van der Waals surface area contributed by atoms with Crippen molar-refractivity contribution in [1.82, 2.24) is 5.32 Å². The molecule has 0 aliphatic heterocycles. The van der Waals surface area contributed by atoms with E-state index >= 15 is 0 Å². The van der Waals surface area contributed by atoms with E-state index < -0.39 is 6.09 Å². The summed E-state index contributed by atoms with van der Waals surface area (Å²) in [5.41, 5.74) is 0. The highest BCUT2D eigenvalue weighted by atomic mass is 16.4. The largest absolute Gasteiger partial charge is 0.465 e. The van der Waals surface area contributed by atoms with Crippen LogP contribution in [0.5, 0.6) is 0 Å². The van der Waals surface area contributed by atoms with Gasteiger partial charge in [-0.25, -0.2) is 4.79 Å². The molecule has 0 aromatic carbocycles. The number of aldehydes is 1. The van der Waals surface area contributed by atoms with Crippen molar-refractivity contribution in [1.29, 1.82) is 0 Å². The van der Waals surface area contributed by atoms with E-state index in [1.54, 1.807) is 0 Å². The van der Waals surface area contributed by atoms with Crippen LogP contribution in [0.15, 0.2) is 0 Å². The topological polar surface area (TPSA) is 66.4 Å². The van der Waals surface area contributed by atoms with Gasteiger partial charge < -0.3 is 15.2 Å². The van der Waals surface area contributed by atoms with Gasteiger partial charge in [-0.3, -0.25) is 0 Å². The number of hydrogen-bond acceptors (Lipinski definition) is 2. The van der Waals surface area contributed by atoms with Gasteiger partial charge >= 0.3 is 6.09 Å². The molecular weight excluding hydrogens is 158 g/mol. The molecule has 0 aromatic rings. The Labute approximate surface area is 72.0 Å². The lowest BCUT2D eigenvalue weighted by Gasteiger charge is -1.99. The number of amides is 1. The third-order valence-corrected chi connectivity index (χ3v) is 1.52. The second kappa shape index (κ2) is 8.04. The smallest absolute Gasteiger partial charge is 0.404 e. The summed E-state index contributed by atoms with van der Waals surface area (Å²) in [6, 6.07) is 0. The summed E-state index contributed by atoms with van der Waals surface area (Å²) in [4.78, 5) is 19.9. The summed E-state index contributed by atoms with van der Waals surface area (Å²) in [6.45, 7) is 0.510. The predicted molar refractivity (Wildman–Crippen MR) is 45.2 cm³/mol. The zero-order valence-corrected chi connectivity index (χ0v) is 7.08. The molecule has 4 heteroatoms. The van der Waals surface area contributed by atoms with E-state index in [9.17, 15) is 9.59 Å². The van der Waals surface area contributed by atoms with Crippen LogP contribution >= 0.6 is 0 Å². The molecule has 0 aliphatic carbocycles. The fourth-order valence-corrected chi connectivity index (χ4v) is 0.902. The second-order valence-corrected chi connectivity index (χ2v) is 2.60. The van der Waals surface area contributed by atoms with Crippen LogP contribution in [0, 0.1) is 0 Å². The number of hydrogen-bond donors (Lipinski definition) is 2. The van der Waals surface area contributed by atoms with Crippen LogP contribution in [-0.2, 0) is 4.79 Å². The lowest BCUT2D eigenvalue weighted by molar-refractivity contribution is -0.107. The Morgan fingerprint density at radius 3 is 2.50 bits per heavy atom. The minimum absolute atomic E-state index is 0.510. The van der Waals surface area contributed by atoms with E-state index in [-0.39, 0.29) is 0 Å². The van der Waals surface area contributed by atoms with Gasteiger partial charge in [-0.1, -0.05) is 12.8 Å². The molecule has 70 valence electrons. The Balaban J connectivity index is 2.90. The maximum absolute atomic E-state index is 9.98. The first kappa shape index (κ1) is 10.9. The van der Waals surface area contributed by atoms with Crippen molar-refractivity contribution < 1.29 is 14.7 Å². The van der Waals surface area contributed by atoms with Gasteiger partial charge in [-0.15, -0.1) is 0 Å². The summed E-state index contributed by atoms with van der Waals surface area (Å²) in [6.07, 6.45) is 4.31. The molecule has 0 saturated heterocycles. The molecule has 0 radical (unpaired) electrons. The van der Waals surface area contributed by atoms with Gasteiger partial charge in [0.1, 0.15) is 6.29 Å². The lowest BCUT2D eigenvalue weighted by atomic mass is 10.1. The number of carbonyl (C=O) groups excluding carboxylic acids is 1. The molecule has 0 rings (SSSR count). The Kier molecular flexibility index (Phi) is 7.33. The standard InChI is InChI=1S/C8H15NO3/c10-7-5-3-1-2-4-6-9-8(11)12/h7,9H,1-6H2,(H,11,12). The maximum Gasteiger partial charge on any atom is 0.404 e. The van der Waals surface area contributed by atoms with E-state index in [4.69, 9.17) is 5.11 Å². The fraction of sp³-hybridized carbons (Fsp3) is 0.750. The zero-order chi connectivity index (χ0) is 9.23. The highest BCUT2D eigenvalue weighted by molar-refractivity contribution is 5.64. The highest BCUT2D eigenvalue weighted by Gasteiger charge is 1.93. The monoisotopic (exact) mass is 173 g/mol. The van der Waals surface area contributed by atoms with E-state index in [1.807, 2.05) is 0 Å². The molecular formula is C8H15NO3. The number of unbranched alkanes of at least 4 members (excludes halogenated alkanes) is 4. The Morgan fingerprint density at radius 1 is 1.25 bits per heavy atom. The predicted octanol–water partition coefficient (Wildman–Crippen LogP) is 1.40. The summed E-state index contributed by atoms with van der Waals surface area (Å²) >= 11 is 0. The van der Waals surface area contributed by atoms with Crippen LogP contribution in [0.25, 0.3) is 0 Å². The van der Waals surface area contributed by atoms with Crippen molar-refractivity contribution in [2.24, 2.45) is 0 Å². The third kappa shape index (κ3) is 8.94. The maximum atomic E-state index is 9.98. The van der Waals surface area contributed by atoms with Gasteiger partial charge in [0.05, 0.1) is 0 Å². The normalized spacial score (nSPS) is 9.33.